The smallest absolute Gasteiger partial charge is 0.308 e. The van der Waals surface area contributed by atoms with E-state index >= 15 is 0 Å². The lowest BCUT2D eigenvalue weighted by Crippen LogP contribution is -2.15. The highest BCUT2D eigenvalue weighted by molar-refractivity contribution is 6.31. The fraction of sp³-hybridized carbons (Fsp3) is 0.0909. The molecule has 0 unspecified atom stereocenters. The van der Waals surface area contributed by atoms with Crippen molar-refractivity contribution in [3.63, 3.8) is 0 Å². The predicted molar refractivity (Wildman–Crippen MR) is 60.9 cm³/mol. The number of halogens is 1. The number of nitrogens with one attached hydrogen (secondary N) is 1. The van der Waals surface area contributed by atoms with E-state index in [2.05, 4.69) is 4.98 Å². The van der Waals surface area contributed by atoms with E-state index in [1.165, 1.54) is 0 Å². The standard InChI is InChI=1S/C11H8ClNO3/c12-8-1-2-9-6(4-8)3-7(5-10(14)15)11(16)13-9/h1-4H,5H2,(H,13,16)(H,14,15). The maximum atomic E-state index is 11.5. The highest BCUT2D eigenvalue weighted by Gasteiger charge is 2.07. The summed E-state index contributed by atoms with van der Waals surface area (Å²) in [5.74, 6) is -1.04. The Bertz CT molecular complexity index is 618. The molecule has 0 bridgehead atoms. The van der Waals surface area contributed by atoms with Crippen LogP contribution in [0.25, 0.3) is 10.9 Å². The van der Waals surface area contributed by atoms with E-state index in [1.54, 1.807) is 24.3 Å². The van der Waals surface area contributed by atoms with Crippen molar-refractivity contribution in [2.24, 2.45) is 0 Å². The van der Waals surface area contributed by atoms with Gasteiger partial charge in [0.05, 0.1) is 6.42 Å². The van der Waals surface area contributed by atoms with E-state index in [4.69, 9.17) is 16.7 Å². The third-order valence-electron chi connectivity index (χ3n) is 2.22. The number of rotatable bonds is 2. The number of H-pyrrole nitrogens is 1. The molecular weight excluding hydrogens is 230 g/mol. The molecule has 2 N–H and O–H groups in total. The van der Waals surface area contributed by atoms with Gasteiger partial charge in [-0.15, -0.1) is 0 Å². The molecule has 0 radical (unpaired) electrons. The zero-order valence-electron chi connectivity index (χ0n) is 8.16. The Morgan fingerprint density at radius 2 is 2.12 bits per heavy atom. The third kappa shape index (κ3) is 2.06. The molecule has 0 spiro atoms. The molecule has 0 saturated carbocycles. The van der Waals surface area contributed by atoms with Crippen molar-refractivity contribution in [2.75, 3.05) is 0 Å². The minimum absolute atomic E-state index is 0.224. The molecule has 0 aliphatic heterocycles. The number of hydrogen-bond acceptors (Lipinski definition) is 2. The van der Waals surface area contributed by atoms with Gasteiger partial charge in [-0.3, -0.25) is 9.59 Å². The van der Waals surface area contributed by atoms with E-state index in [1.807, 2.05) is 0 Å². The number of fused-ring (bicyclic) bond motifs is 1. The summed E-state index contributed by atoms with van der Waals surface area (Å²) in [6, 6.07) is 6.58. The lowest BCUT2D eigenvalue weighted by atomic mass is 10.1. The van der Waals surface area contributed by atoms with Crippen molar-refractivity contribution in [2.45, 2.75) is 6.42 Å². The number of aliphatic carboxylic acids is 1. The van der Waals surface area contributed by atoms with Crippen molar-refractivity contribution < 1.29 is 9.90 Å². The van der Waals surface area contributed by atoms with Crippen LogP contribution in [0.15, 0.2) is 29.1 Å². The number of benzene rings is 1. The topological polar surface area (TPSA) is 70.2 Å². The van der Waals surface area contributed by atoms with Crippen LogP contribution in [0.5, 0.6) is 0 Å². The van der Waals surface area contributed by atoms with Crippen LogP contribution in [-0.4, -0.2) is 16.1 Å². The molecule has 2 aromatic rings. The highest BCUT2D eigenvalue weighted by atomic mass is 35.5. The summed E-state index contributed by atoms with van der Waals surface area (Å²) in [4.78, 5) is 24.7. The van der Waals surface area contributed by atoms with Gasteiger partial charge in [0.25, 0.3) is 5.56 Å². The van der Waals surface area contributed by atoms with Crippen molar-refractivity contribution >= 4 is 28.5 Å². The number of aromatic nitrogens is 1. The molecule has 0 amide bonds. The van der Waals surface area contributed by atoms with Gasteiger partial charge in [-0.2, -0.15) is 0 Å². The first-order valence-corrected chi connectivity index (χ1v) is 4.97. The lowest BCUT2D eigenvalue weighted by molar-refractivity contribution is -0.136. The lowest BCUT2D eigenvalue weighted by Gasteiger charge is -2.01. The van der Waals surface area contributed by atoms with Crippen molar-refractivity contribution in [3.8, 4) is 0 Å². The van der Waals surface area contributed by atoms with E-state index in [9.17, 15) is 9.59 Å². The Morgan fingerprint density at radius 3 is 2.81 bits per heavy atom. The molecule has 82 valence electrons. The second-order valence-electron chi connectivity index (χ2n) is 3.43. The molecule has 0 aliphatic rings. The van der Waals surface area contributed by atoms with Crippen LogP contribution in [0, 0.1) is 0 Å². The Hall–Kier alpha value is -1.81. The van der Waals surface area contributed by atoms with Gasteiger partial charge in [-0.05, 0) is 29.7 Å². The predicted octanol–water partition coefficient (Wildman–Crippen LogP) is 1.81. The molecule has 5 heteroatoms. The molecule has 0 saturated heterocycles. The van der Waals surface area contributed by atoms with Gasteiger partial charge in [-0.25, -0.2) is 0 Å². The maximum absolute atomic E-state index is 11.5. The second kappa shape index (κ2) is 3.98. The van der Waals surface area contributed by atoms with E-state index < -0.39 is 5.97 Å². The van der Waals surface area contributed by atoms with Crippen LogP contribution >= 0.6 is 11.6 Å². The highest BCUT2D eigenvalue weighted by Crippen LogP contribution is 2.17. The fourth-order valence-electron chi connectivity index (χ4n) is 1.52. The van der Waals surface area contributed by atoms with Crippen molar-refractivity contribution in [1.82, 2.24) is 4.98 Å². The molecule has 0 atom stereocenters. The Balaban J connectivity index is 2.64. The number of carboxylic acid groups (broad SMARTS) is 1. The van der Waals surface area contributed by atoms with Gasteiger partial charge in [0.15, 0.2) is 0 Å². The Morgan fingerprint density at radius 1 is 1.38 bits per heavy atom. The van der Waals surface area contributed by atoms with Crippen LogP contribution in [0.1, 0.15) is 5.56 Å². The number of aromatic amines is 1. The summed E-state index contributed by atoms with van der Waals surface area (Å²) < 4.78 is 0. The molecule has 4 nitrogen and oxygen atoms in total. The van der Waals surface area contributed by atoms with Gasteiger partial charge < -0.3 is 10.1 Å². The average molecular weight is 238 g/mol. The number of pyridine rings is 1. The molecule has 1 aromatic heterocycles. The van der Waals surface area contributed by atoms with Crippen LogP contribution in [-0.2, 0) is 11.2 Å². The van der Waals surface area contributed by atoms with E-state index in [0.717, 1.165) is 5.39 Å². The third-order valence-corrected chi connectivity index (χ3v) is 2.46. The van der Waals surface area contributed by atoms with Crippen LogP contribution in [0.2, 0.25) is 5.02 Å². The molecule has 16 heavy (non-hydrogen) atoms. The van der Waals surface area contributed by atoms with E-state index in [-0.39, 0.29) is 17.5 Å². The Labute approximate surface area is 95.5 Å². The normalized spacial score (nSPS) is 10.6. The van der Waals surface area contributed by atoms with Gasteiger partial charge in [0, 0.05) is 16.1 Å². The average Bonchev–Trinajstić information content (AvgIpc) is 2.19. The minimum atomic E-state index is -1.04. The van der Waals surface area contributed by atoms with Gasteiger partial charge in [0.1, 0.15) is 0 Å². The molecular formula is C11H8ClNO3. The van der Waals surface area contributed by atoms with Gasteiger partial charge in [0.2, 0.25) is 0 Å². The first-order chi connectivity index (χ1) is 7.56. The van der Waals surface area contributed by atoms with Crippen LogP contribution in [0.4, 0.5) is 0 Å². The van der Waals surface area contributed by atoms with Crippen LogP contribution in [0.3, 0.4) is 0 Å². The largest absolute Gasteiger partial charge is 0.481 e. The summed E-state index contributed by atoms with van der Waals surface area (Å²) in [6.07, 6.45) is -0.294. The molecule has 2 rings (SSSR count). The zero-order chi connectivity index (χ0) is 11.7. The summed E-state index contributed by atoms with van der Waals surface area (Å²) in [5.41, 5.74) is 0.489. The van der Waals surface area contributed by atoms with Crippen molar-refractivity contribution in [3.05, 3.63) is 45.2 Å². The van der Waals surface area contributed by atoms with Crippen molar-refractivity contribution in [1.29, 1.82) is 0 Å². The first kappa shape index (κ1) is 10.7. The number of carboxylic acids is 1. The van der Waals surface area contributed by atoms with Gasteiger partial charge >= 0.3 is 5.97 Å². The molecule has 0 aliphatic carbocycles. The minimum Gasteiger partial charge on any atom is -0.481 e. The summed E-state index contributed by atoms with van der Waals surface area (Å²) in [7, 11) is 0. The maximum Gasteiger partial charge on any atom is 0.308 e. The summed E-state index contributed by atoms with van der Waals surface area (Å²) in [5, 5.41) is 9.91. The van der Waals surface area contributed by atoms with Gasteiger partial charge in [-0.1, -0.05) is 11.6 Å². The molecule has 1 aromatic carbocycles. The number of carbonyl (C=O) groups is 1. The quantitative estimate of drug-likeness (QED) is 0.837. The number of hydrogen-bond donors (Lipinski definition) is 2. The van der Waals surface area contributed by atoms with E-state index in [0.29, 0.717) is 10.5 Å². The summed E-state index contributed by atoms with van der Waals surface area (Å²) >= 11 is 5.81. The zero-order valence-corrected chi connectivity index (χ0v) is 8.91. The molecule has 1 heterocycles. The van der Waals surface area contributed by atoms with Crippen LogP contribution < -0.4 is 5.56 Å². The first-order valence-electron chi connectivity index (χ1n) is 4.59. The SMILES string of the molecule is O=C(O)Cc1cc2cc(Cl)ccc2[nH]c1=O. The summed E-state index contributed by atoms with van der Waals surface area (Å²) in [6.45, 7) is 0. The Kier molecular flexibility index (Phi) is 2.66. The second-order valence-corrected chi connectivity index (χ2v) is 3.86. The molecule has 0 fully saturated rings. The monoisotopic (exact) mass is 237 g/mol. The fourth-order valence-corrected chi connectivity index (χ4v) is 1.70.